The third-order valence-corrected chi connectivity index (χ3v) is 5.78. The van der Waals surface area contributed by atoms with Crippen LogP contribution in [0, 0.1) is 12.7 Å². The van der Waals surface area contributed by atoms with E-state index in [1.165, 1.54) is 0 Å². The van der Waals surface area contributed by atoms with Crippen molar-refractivity contribution < 1.29 is 4.39 Å². The van der Waals surface area contributed by atoms with Gasteiger partial charge in [0.1, 0.15) is 23.0 Å². The molecule has 8 heteroatoms. The topological polar surface area (TPSA) is 76.1 Å². The zero-order chi connectivity index (χ0) is 25.5. The third kappa shape index (κ3) is 5.59. The van der Waals surface area contributed by atoms with Crippen LogP contribution in [0.4, 0.5) is 15.9 Å². The van der Waals surface area contributed by atoms with E-state index >= 15 is 4.39 Å². The van der Waals surface area contributed by atoms with Crippen LogP contribution < -0.4 is 10.6 Å². The van der Waals surface area contributed by atoms with Crippen molar-refractivity contribution in [2.45, 2.75) is 34.6 Å². The highest BCUT2D eigenvalue weighted by Crippen LogP contribution is 2.28. The van der Waals surface area contributed by atoms with Crippen LogP contribution in [0.1, 0.15) is 33.5 Å². The summed E-state index contributed by atoms with van der Waals surface area (Å²) in [5.74, 6) is 0.952. The van der Waals surface area contributed by atoms with Crippen molar-refractivity contribution in [2.24, 2.45) is 0 Å². The van der Waals surface area contributed by atoms with Gasteiger partial charge in [-0.25, -0.2) is 19.3 Å². The number of hydrogen-bond acceptors (Lipinski definition) is 6. The molecule has 1 fully saturated rings. The molecular formula is C27H36FN7. The van der Waals surface area contributed by atoms with Crippen molar-refractivity contribution in [3.63, 3.8) is 0 Å². The van der Waals surface area contributed by atoms with Gasteiger partial charge in [0.2, 0.25) is 0 Å². The maximum absolute atomic E-state index is 15.1. The molecule has 0 aliphatic carbocycles. The van der Waals surface area contributed by atoms with E-state index in [9.17, 15) is 0 Å². The van der Waals surface area contributed by atoms with Gasteiger partial charge in [-0.15, -0.1) is 0 Å². The monoisotopic (exact) mass is 477 g/mol. The summed E-state index contributed by atoms with van der Waals surface area (Å²) in [4.78, 5) is 17.8. The highest BCUT2D eigenvalue weighted by Gasteiger charge is 2.19. The highest BCUT2D eigenvalue weighted by atomic mass is 19.1. The van der Waals surface area contributed by atoms with Crippen molar-refractivity contribution >= 4 is 22.7 Å². The van der Waals surface area contributed by atoms with Crippen molar-refractivity contribution in [1.82, 2.24) is 24.4 Å². The van der Waals surface area contributed by atoms with Gasteiger partial charge in [-0.1, -0.05) is 27.7 Å². The molecule has 0 saturated carbocycles. The molecule has 0 atom stereocenters. The second-order valence-electron chi connectivity index (χ2n) is 7.93. The molecule has 0 amide bonds. The van der Waals surface area contributed by atoms with Crippen LogP contribution in [0.25, 0.3) is 28.1 Å². The number of likely N-dealkylation sites (N-methyl/N-ethyl adjacent to an activating group) is 1. The minimum atomic E-state index is -0.235. The number of nitrogens with zero attached hydrogens (tertiary/aromatic N) is 6. The Balaban J connectivity index is 0.000000815. The molecule has 5 rings (SSSR count). The molecule has 4 heterocycles. The minimum Gasteiger partial charge on any atom is -0.384 e. The number of piperazine rings is 1. The average molecular weight is 478 g/mol. The largest absolute Gasteiger partial charge is 0.384 e. The van der Waals surface area contributed by atoms with Crippen LogP contribution in [0.15, 0.2) is 48.7 Å². The average Bonchev–Trinajstić information content (AvgIpc) is 3.22. The lowest BCUT2D eigenvalue weighted by Gasteiger charge is -2.34. The van der Waals surface area contributed by atoms with Gasteiger partial charge in [-0.05, 0) is 50.4 Å². The summed E-state index contributed by atoms with van der Waals surface area (Å²) in [6, 6.07) is 12.8. The number of aromatic nitrogens is 4. The number of benzene rings is 1. The number of aryl methyl sites for hydroxylation is 1. The van der Waals surface area contributed by atoms with Gasteiger partial charge in [0.25, 0.3) is 0 Å². The summed E-state index contributed by atoms with van der Waals surface area (Å²) in [7, 11) is 2.09. The molecule has 7 nitrogen and oxygen atoms in total. The fourth-order valence-electron chi connectivity index (χ4n) is 4.09. The molecule has 186 valence electrons. The maximum Gasteiger partial charge on any atom is 0.165 e. The van der Waals surface area contributed by atoms with E-state index in [-0.39, 0.29) is 5.82 Å². The Hall–Kier alpha value is -3.52. The molecule has 4 aromatic rings. The normalized spacial score (nSPS) is 13.6. The number of rotatable bonds is 3. The predicted octanol–water partition coefficient (Wildman–Crippen LogP) is 5.32. The standard InChI is InChI=1S/C23H24FN7.2C2H6/c1-15-27-20-5-4-19(16-7-8-26-22(25)13-16)28-23(20)31(15)17-3-6-21(18(24)14-17)30-11-9-29(2)10-12-30;2*1-2/h3-8,13-14H,9-12H2,1-2H3,(H2,25,26);2*1-2H3. The molecule has 1 aromatic carbocycles. The molecule has 0 spiro atoms. The molecule has 1 aliphatic heterocycles. The zero-order valence-corrected chi connectivity index (χ0v) is 21.6. The summed E-state index contributed by atoms with van der Waals surface area (Å²) >= 11 is 0. The lowest BCUT2D eigenvalue weighted by atomic mass is 10.1. The zero-order valence-electron chi connectivity index (χ0n) is 21.6. The van der Waals surface area contributed by atoms with Crippen LogP contribution in [0.3, 0.4) is 0 Å². The first kappa shape index (κ1) is 26.1. The SMILES string of the molecule is CC.CC.Cc1nc2ccc(-c3ccnc(N)c3)nc2n1-c1ccc(N2CCN(C)CC2)c(F)c1. The minimum absolute atomic E-state index is 0.235. The molecule has 1 aliphatic rings. The smallest absolute Gasteiger partial charge is 0.165 e. The highest BCUT2D eigenvalue weighted by molar-refractivity contribution is 5.78. The summed E-state index contributed by atoms with van der Waals surface area (Å²) in [6.45, 7) is 13.4. The first-order chi connectivity index (χ1) is 17.0. The van der Waals surface area contributed by atoms with Crippen LogP contribution >= 0.6 is 0 Å². The predicted molar refractivity (Wildman–Crippen MR) is 144 cm³/mol. The third-order valence-electron chi connectivity index (χ3n) is 5.78. The Morgan fingerprint density at radius 3 is 2.26 bits per heavy atom. The Kier molecular flexibility index (Phi) is 8.76. The van der Waals surface area contributed by atoms with E-state index in [2.05, 4.69) is 26.8 Å². The molecule has 35 heavy (non-hydrogen) atoms. The van der Waals surface area contributed by atoms with Gasteiger partial charge >= 0.3 is 0 Å². The van der Waals surface area contributed by atoms with Gasteiger partial charge in [0, 0.05) is 44.0 Å². The van der Waals surface area contributed by atoms with Crippen LogP contribution in [0.2, 0.25) is 0 Å². The number of nitrogen functional groups attached to an aromatic ring is 1. The van der Waals surface area contributed by atoms with Crippen molar-refractivity contribution in [3.05, 3.63) is 60.3 Å². The number of imidazole rings is 1. The number of nitrogens with two attached hydrogens (primary N) is 1. The molecule has 0 unspecified atom stereocenters. The van der Waals surface area contributed by atoms with Gasteiger partial charge < -0.3 is 15.5 Å². The van der Waals surface area contributed by atoms with E-state index in [0.717, 1.165) is 48.8 Å². The summed E-state index contributed by atoms with van der Waals surface area (Å²) < 4.78 is 17.0. The Morgan fingerprint density at radius 1 is 0.886 bits per heavy atom. The van der Waals surface area contributed by atoms with E-state index in [1.54, 1.807) is 18.3 Å². The molecule has 0 radical (unpaired) electrons. The molecule has 2 N–H and O–H groups in total. The van der Waals surface area contributed by atoms with Gasteiger partial charge in [-0.2, -0.15) is 0 Å². The van der Waals surface area contributed by atoms with E-state index in [1.807, 2.05) is 69.5 Å². The number of anilines is 2. The van der Waals surface area contributed by atoms with E-state index < -0.39 is 0 Å². The lowest BCUT2D eigenvalue weighted by molar-refractivity contribution is 0.311. The Labute approximate surface area is 207 Å². The number of pyridine rings is 2. The first-order valence-electron chi connectivity index (χ1n) is 12.3. The fraction of sp³-hybridized carbons (Fsp3) is 0.370. The number of fused-ring (bicyclic) bond motifs is 1. The van der Waals surface area contributed by atoms with Crippen molar-refractivity contribution in [2.75, 3.05) is 43.9 Å². The number of hydrogen-bond donors (Lipinski definition) is 1. The molecular weight excluding hydrogens is 441 g/mol. The number of halogens is 1. The van der Waals surface area contributed by atoms with Gasteiger partial charge in [0.15, 0.2) is 5.65 Å². The fourth-order valence-corrected chi connectivity index (χ4v) is 4.09. The maximum atomic E-state index is 15.1. The van der Waals surface area contributed by atoms with Gasteiger partial charge in [-0.3, -0.25) is 4.57 Å². The quantitative estimate of drug-likeness (QED) is 0.431. The van der Waals surface area contributed by atoms with Gasteiger partial charge in [0.05, 0.1) is 17.1 Å². The Bertz CT molecular complexity index is 1260. The second-order valence-corrected chi connectivity index (χ2v) is 7.93. The summed E-state index contributed by atoms with van der Waals surface area (Å²) in [5.41, 5.74) is 10.2. The van der Waals surface area contributed by atoms with Crippen LogP contribution in [-0.2, 0) is 0 Å². The van der Waals surface area contributed by atoms with E-state index in [4.69, 9.17) is 10.7 Å². The summed E-state index contributed by atoms with van der Waals surface area (Å²) in [5, 5.41) is 0. The lowest BCUT2D eigenvalue weighted by Crippen LogP contribution is -2.44. The van der Waals surface area contributed by atoms with Crippen LogP contribution in [0.5, 0.6) is 0 Å². The molecule has 3 aromatic heterocycles. The molecule has 0 bridgehead atoms. The van der Waals surface area contributed by atoms with Crippen molar-refractivity contribution in [1.29, 1.82) is 0 Å². The van der Waals surface area contributed by atoms with Crippen LogP contribution in [-0.4, -0.2) is 57.6 Å². The summed E-state index contributed by atoms with van der Waals surface area (Å²) in [6.07, 6.45) is 1.66. The molecule has 1 saturated heterocycles. The second kappa shape index (κ2) is 11.8. The van der Waals surface area contributed by atoms with E-state index in [0.29, 0.717) is 22.8 Å². The Morgan fingerprint density at radius 2 is 1.60 bits per heavy atom. The van der Waals surface area contributed by atoms with Crippen molar-refractivity contribution in [3.8, 4) is 16.9 Å². The first-order valence-corrected chi connectivity index (χ1v) is 12.3.